The molecule has 2 aromatic heterocycles. The van der Waals surface area contributed by atoms with Crippen LogP contribution in [0.5, 0.6) is 5.75 Å². The summed E-state index contributed by atoms with van der Waals surface area (Å²) >= 11 is 1.37. The van der Waals surface area contributed by atoms with Gasteiger partial charge in [0.15, 0.2) is 11.6 Å². The highest BCUT2D eigenvalue weighted by Gasteiger charge is 2.15. The van der Waals surface area contributed by atoms with Crippen LogP contribution in [0.3, 0.4) is 0 Å². The van der Waals surface area contributed by atoms with Gasteiger partial charge in [0.2, 0.25) is 0 Å². The normalized spacial score (nSPS) is 10.7. The first-order valence-electron chi connectivity index (χ1n) is 6.19. The van der Waals surface area contributed by atoms with Crippen LogP contribution in [0.4, 0.5) is 0 Å². The Balaban J connectivity index is 2.27. The fraction of sp³-hybridized carbons (Fsp3) is 0.357. The van der Waals surface area contributed by atoms with E-state index in [0.29, 0.717) is 16.5 Å². The molecule has 2 rings (SSSR count). The van der Waals surface area contributed by atoms with Gasteiger partial charge in [-0.05, 0) is 26.8 Å². The van der Waals surface area contributed by atoms with Gasteiger partial charge in [-0.15, -0.1) is 11.3 Å². The second-order valence-corrected chi connectivity index (χ2v) is 5.74. The van der Waals surface area contributed by atoms with Crippen LogP contribution in [-0.2, 0) is 4.74 Å². The average Bonchev–Trinajstić information content (AvgIpc) is 2.80. The Labute approximate surface area is 121 Å². The zero-order chi connectivity index (χ0) is 14.7. The molecule has 0 radical (unpaired) electrons. The summed E-state index contributed by atoms with van der Waals surface area (Å²) < 4.78 is 10.2. The highest BCUT2D eigenvalue weighted by molar-refractivity contribution is 7.14. The van der Waals surface area contributed by atoms with E-state index in [4.69, 9.17) is 9.47 Å². The highest BCUT2D eigenvalue weighted by atomic mass is 32.1. The molecule has 106 valence electrons. The Morgan fingerprint density at radius 1 is 1.30 bits per heavy atom. The van der Waals surface area contributed by atoms with Crippen LogP contribution in [-0.4, -0.2) is 29.2 Å². The number of carbonyl (C=O) groups is 1. The fourth-order valence-electron chi connectivity index (χ4n) is 1.69. The van der Waals surface area contributed by atoms with Crippen molar-refractivity contribution in [3.8, 4) is 17.1 Å². The third-order valence-corrected chi connectivity index (χ3v) is 3.58. The molecule has 20 heavy (non-hydrogen) atoms. The number of hydrogen-bond acceptors (Lipinski definition) is 6. The summed E-state index contributed by atoms with van der Waals surface area (Å²) in [7, 11) is 1.37. The van der Waals surface area contributed by atoms with Gasteiger partial charge in [0.25, 0.3) is 0 Å². The molecule has 0 spiro atoms. The number of esters is 1. The molecule has 6 heteroatoms. The summed E-state index contributed by atoms with van der Waals surface area (Å²) in [6, 6.07) is 1.75. The molecule has 0 unspecified atom stereocenters. The Morgan fingerprint density at radius 2 is 1.95 bits per heavy atom. The first-order chi connectivity index (χ1) is 9.51. The maximum absolute atomic E-state index is 11.5. The van der Waals surface area contributed by atoms with Crippen molar-refractivity contribution in [3.05, 3.63) is 28.2 Å². The van der Waals surface area contributed by atoms with Gasteiger partial charge in [-0.2, -0.15) is 0 Å². The standard InChI is InChI=1S/C14H16N2O3S/c1-8(2)19-10-6-15-13(16-7-10)11-5-12(14(17)18-4)20-9(11)3/h5-8H,1-4H3. The van der Waals surface area contributed by atoms with E-state index in [-0.39, 0.29) is 12.1 Å². The third kappa shape index (κ3) is 3.14. The second kappa shape index (κ2) is 6.00. The van der Waals surface area contributed by atoms with Crippen LogP contribution in [0, 0.1) is 6.92 Å². The van der Waals surface area contributed by atoms with E-state index in [9.17, 15) is 4.79 Å². The van der Waals surface area contributed by atoms with Crippen molar-refractivity contribution in [3.63, 3.8) is 0 Å². The minimum absolute atomic E-state index is 0.0817. The molecule has 0 fully saturated rings. The Hall–Kier alpha value is -1.95. The molecule has 0 atom stereocenters. The number of aryl methyl sites for hydroxylation is 1. The zero-order valence-electron chi connectivity index (χ0n) is 11.8. The lowest BCUT2D eigenvalue weighted by Crippen LogP contribution is -2.06. The summed E-state index contributed by atoms with van der Waals surface area (Å²) in [5.74, 6) is 0.860. The molecule has 0 N–H and O–H groups in total. The Bertz CT molecular complexity index is 605. The van der Waals surface area contributed by atoms with E-state index < -0.39 is 0 Å². The van der Waals surface area contributed by atoms with Gasteiger partial charge in [-0.3, -0.25) is 0 Å². The Kier molecular flexibility index (Phi) is 4.34. The first kappa shape index (κ1) is 14.5. The van der Waals surface area contributed by atoms with Crippen LogP contribution in [0.1, 0.15) is 28.4 Å². The van der Waals surface area contributed by atoms with Gasteiger partial charge in [0, 0.05) is 10.4 Å². The molecule has 2 heterocycles. The highest BCUT2D eigenvalue weighted by Crippen LogP contribution is 2.29. The molecule has 0 aliphatic heterocycles. The summed E-state index contributed by atoms with van der Waals surface area (Å²) in [5.41, 5.74) is 0.839. The quantitative estimate of drug-likeness (QED) is 0.810. The van der Waals surface area contributed by atoms with Crippen molar-refractivity contribution >= 4 is 17.3 Å². The van der Waals surface area contributed by atoms with E-state index in [2.05, 4.69) is 9.97 Å². The second-order valence-electron chi connectivity index (χ2n) is 4.48. The largest absolute Gasteiger partial charge is 0.488 e. The predicted octanol–water partition coefficient (Wildman–Crippen LogP) is 3.09. The number of carbonyl (C=O) groups excluding carboxylic acids is 1. The van der Waals surface area contributed by atoms with Crippen molar-refractivity contribution in [1.82, 2.24) is 9.97 Å². The molecular weight excluding hydrogens is 276 g/mol. The third-order valence-electron chi connectivity index (χ3n) is 2.55. The SMILES string of the molecule is COC(=O)c1cc(-c2ncc(OC(C)C)cn2)c(C)s1. The van der Waals surface area contributed by atoms with Crippen LogP contribution >= 0.6 is 11.3 Å². The van der Waals surface area contributed by atoms with E-state index in [0.717, 1.165) is 10.4 Å². The van der Waals surface area contributed by atoms with Gasteiger partial charge >= 0.3 is 5.97 Å². The zero-order valence-corrected chi connectivity index (χ0v) is 12.7. The number of rotatable bonds is 4. The average molecular weight is 292 g/mol. The number of ether oxygens (including phenoxy) is 2. The maximum atomic E-state index is 11.5. The molecule has 0 amide bonds. The van der Waals surface area contributed by atoms with Crippen LogP contribution in [0.15, 0.2) is 18.5 Å². The van der Waals surface area contributed by atoms with Crippen LogP contribution < -0.4 is 4.74 Å². The number of aromatic nitrogens is 2. The van der Waals surface area contributed by atoms with E-state index in [1.165, 1.54) is 18.4 Å². The topological polar surface area (TPSA) is 61.3 Å². The van der Waals surface area contributed by atoms with Crippen molar-refractivity contribution in [1.29, 1.82) is 0 Å². The number of nitrogens with zero attached hydrogens (tertiary/aromatic N) is 2. The van der Waals surface area contributed by atoms with Gasteiger partial charge in [0.05, 0.1) is 25.6 Å². The molecule has 0 aliphatic carbocycles. The molecule has 5 nitrogen and oxygen atoms in total. The lowest BCUT2D eigenvalue weighted by molar-refractivity contribution is 0.0606. The van der Waals surface area contributed by atoms with E-state index >= 15 is 0 Å². The van der Waals surface area contributed by atoms with Crippen LogP contribution in [0.25, 0.3) is 11.4 Å². The minimum atomic E-state index is -0.343. The number of hydrogen-bond donors (Lipinski definition) is 0. The maximum Gasteiger partial charge on any atom is 0.348 e. The minimum Gasteiger partial charge on any atom is -0.488 e. The van der Waals surface area contributed by atoms with E-state index in [1.807, 2.05) is 20.8 Å². The van der Waals surface area contributed by atoms with Gasteiger partial charge in [0.1, 0.15) is 4.88 Å². The van der Waals surface area contributed by atoms with Crippen molar-refractivity contribution in [2.45, 2.75) is 26.9 Å². The molecule has 0 saturated heterocycles. The summed E-state index contributed by atoms with van der Waals surface area (Å²) in [6.45, 7) is 5.81. The smallest absolute Gasteiger partial charge is 0.348 e. The van der Waals surface area contributed by atoms with Gasteiger partial charge in [-0.25, -0.2) is 14.8 Å². The lowest BCUT2D eigenvalue weighted by Gasteiger charge is -2.08. The molecule has 0 saturated carbocycles. The molecule has 0 aromatic carbocycles. The van der Waals surface area contributed by atoms with Crippen molar-refractivity contribution < 1.29 is 14.3 Å². The van der Waals surface area contributed by atoms with Crippen LogP contribution in [0.2, 0.25) is 0 Å². The van der Waals surface area contributed by atoms with E-state index in [1.54, 1.807) is 18.5 Å². The molecule has 0 bridgehead atoms. The molecular formula is C14H16N2O3S. The summed E-state index contributed by atoms with van der Waals surface area (Å²) in [6.07, 6.45) is 3.35. The van der Waals surface area contributed by atoms with Crippen molar-refractivity contribution in [2.75, 3.05) is 7.11 Å². The Morgan fingerprint density at radius 3 is 2.50 bits per heavy atom. The summed E-state index contributed by atoms with van der Waals surface area (Å²) in [4.78, 5) is 21.6. The first-order valence-corrected chi connectivity index (χ1v) is 7.00. The van der Waals surface area contributed by atoms with Gasteiger partial charge < -0.3 is 9.47 Å². The molecule has 2 aromatic rings. The fourth-order valence-corrected chi connectivity index (χ4v) is 2.63. The number of thiophene rings is 1. The molecule has 0 aliphatic rings. The lowest BCUT2D eigenvalue weighted by atomic mass is 10.2. The van der Waals surface area contributed by atoms with Gasteiger partial charge in [-0.1, -0.05) is 0 Å². The van der Waals surface area contributed by atoms with Crippen molar-refractivity contribution in [2.24, 2.45) is 0 Å². The number of methoxy groups -OCH3 is 1. The summed E-state index contributed by atoms with van der Waals surface area (Å²) in [5, 5.41) is 0. The monoisotopic (exact) mass is 292 g/mol. The predicted molar refractivity (Wildman–Crippen MR) is 77.2 cm³/mol.